The molecule has 0 amide bonds. The number of alkyl halides is 3. The maximum atomic E-state index is 12.5. The Morgan fingerprint density at radius 3 is 2.50 bits per heavy atom. The lowest BCUT2D eigenvalue weighted by atomic mass is 9.35. The maximum Gasteiger partial charge on any atom is 0.416 e. The third-order valence-corrected chi connectivity index (χ3v) is 4.30. The van der Waals surface area contributed by atoms with E-state index in [1.165, 1.54) is 12.1 Å². The number of carbonyl (C=O) groups is 1. The van der Waals surface area contributed by atoms with Crippen molar-refractivity contribution in [1.82, 2.24) is 0 Å². The van der Waals surface area contributed by atoms with E-state index < -0.39 is 23.1 Å². The van der Waals surface area contributed by atoms with E-state index in [0.717, 1.165) is 12.1 Å². The van der Waals surface area contributed by atoms with Crippen LogP contribution in [0.4, 0.5) is 13.2 Å². The summed E-state index contributed by atoms with van der Waals surface area (Å²) in [6.45, 7) is 0.281. The number of carboxylic acids is 1. The number of aliphatic carboxylic acids is 1. The topological polar surface area (TPSA) is 46.5 Å². The molecule has 0 saturated heterocycles. The minimum absolute atomic E-state index is 0.146. The van der Waals surface area contributed by atoms with Crippen LogP contribution in [-0.4, -0.2) is 17.7 Å². The van der Waals surface area contributed by atoms with Gasteiger partial charge in [-0.25, -0.2) is 0 Å². The number of halogens is 3. The van der Waals surface area contributed by atoms with Gasteiger partial charge in [-0.05, 0) is 37.5 Å². The average molecular weight is 286 g/mol. The summed E-state index contributed by atoms with van der Waals surface area (Å²) in [6.07, 6.45) is -2.69. The number of ether oxygens (including phenoxy) is 1. The molecule has 3 saturated carbocycles. The number of carboxylic acid groups (broad SMARTS) is 1. The molecule has 3 fully saturated rings. The van der Waals surface area contributed by atoms with Crippen molar-refractivity contribution in [2.75, 3.05) is 6.61 Å². The summed E-state index contributed by atoms with van der Waals surface area (Å²) in [5.74, 6) is -0.604. The molecule has 3 nitrogen and oxygen atoms in total. The summed E-state index contributed by atoms with van der Waals surface area (Å²) in [6, 6.07) is 4.75. The fraction of sp³-hybridized carbons (Fsp3) is 0.500. The van der Waals surface area contributed by atoms with E-state index in [1.807, 2.05) is 0 Å². The van der Waals surface area contributed by atoms with Gasteiger partial charge in [0.05, 0.1) is 17.6 Å². The average Bonchev–Trinajstić information content (AvgIpc) is 2.24. The van der Waals surface area contributed by atoms with Gasteiger partial charge in [-0.1, -0.05) is 6.07 Å². The van der Waals surface area contributed by atoms with Gasteiger partial charge in [0.2, 0.25) is 0 Å². The first-order chi connectivity index (χ1) is 9.25. The van der Waals surface area contributed by atoms with Crippen molar-refractivity contribution in [2.24, 2.45) is 10.8 Å². The largest absolute Gasteiger partial charge is 0.493 e. The summed E-state index contributed by atoms with van der Waals surface area (Å²) in [5, 5.41) is 8.99. The van der Waals surface area contributed by atoms with E-state index in [1.54, 1.807) is 0 Å². The molecule has 1 aromatic rings. The summed E-state index contributed by atoms with van der Waals surface area (Å²) >= 11 is 0. The van der Waals surface area contributed by atoms with Crippen LogP contribution in [0, 0.1) is 10.8 Å². The van der Waals surface area contributed by atoms with E-state index >= 15 is 0 Å². The van der Waals surface area contributed by atoms with E-state index in [4.69, 9.17) is 9.84 Å². The first-order valence-electron chi connectivity index (χ1n) is 6.28. The Labute approximate surface area is 113 Å². The third-order valence-electron chi connectivity index (χ3n) is 4.30. The number of hydrogen-bond acceptors (Lipinski definition) is 2. The molecular weight excluding hydrogens is 273 g/mol. The van der Waals surface area contributed by atoms with E-state index in [9.17, 15) is 18.0 Å². The second kappa shape index (κ2) is 3.90. The van der Waals surface area contributed by atoms with Gasteiger partial charge < -0.3 is 9.84 Å². The predicted octanol–water partition coefficient (Wildman–Crippen LogP) is 3.34. The molecule has 1 N–H and O–H groups in total. The van der Waals surface area contributed by atoms with Crippen LogP contribution in [0.1, 0.15) is 24.8 Å². The molecule has 0 spiro atoms. The van der Waals surface area contributed by atoms with Crippen molar-refractivity contribution < 1.29 is 27.8 Å². The predicted molar refractivity (Wildman–Crippen MR) is 63.3 cm³/mol. The number of benzene rings is 1. The SMILES string of the molecule is O=C(O)C12CC(COc3cccc(C(F)(F)F)c3)(C1)C2. The van der Waals surface area contributed by atoms with E-state index in [0.29, 0.717) is 19.3 Å². The highest BCUT2D eigenvalue weighted by Gasteiger charge is 2.72. The minimum atomic E-state index is -4.39. The van der Waals surface area contributed by atoms with Gasteiger partial charge in [0.15, 0.2) is 0 Å². The van der Waals surface area contributed by atoms with Crippen LogP contribution < -0.4 is 4.74 Å². The Morgan fingerprint density at radius 2 is 1.95 bits per heavy atom. The molecule has 4 rings (SSSR count). The summed E-state index contributed by atoms with van der Waals surface area (Å²) < 4.78 is 43.1. The monoisotopic (exact) mass is 286 g/mol. The Morgan fingerprint density at radius 1 is 1.30 bits per heavy atom. The zero-order valence-corrected chi connectivity index (χ0v) is 10.5. The van der Waals surface area contributed by atoms with Gasteiger partial charge in [0.25, 0.3) is 0 Å². The molecule has 6 heteroatoms. The highest BCUT2D eigenvalue weighted by molar-refractivity contribution is 5.79. The highest BCUT2D eigenvalue weighted by atomic mass is 19.4. The van der Waals surface area contributed by atoms with Gasteiger partial charge >= 0.3 is 12.1 Å². The van der Waals surface area contributed by atoms with E-state index in [-0.39, 0.29) is 17.8 Å². The van der Waals surface area contributed by atoms with Crippen molar-refractivity contribution >= 4 is 5.97 Å². The summed E-state index contributed by atoms with van der Waals surface area (Å²) in [7, 11) is 0. The second-order valence-electron chi connectivity index (χ2n) is 5.93. The van der Waals surface area contributed by atoms with Crippen molar-refractivity contribution in [3.05, 3.63) is 29.8 Å². The number of rotatable bonds is 4. The molecule has 3 aliphatic carbocycles. The fourth-order valence-electron chi connectivity index (χ4n) is 3.38. The molecule has 0 unspecified atom stereocenters. The molecule has 0 aliphatic heterocycles. The van der Waals surface area contributed by atoms with Crippen molar-refractivity contribution in [2.45, 2.75) is 25.4 Å². The number of hydrogen-bond donors (Lipinski definition) is 1. The molecule has 0 heterocycles. The van der Waals surface area contributed by atoms with Crippen molar-refractivity contribution in [1.29, 1.82) is 0 Å². The lowest BCUT2D eigenvalue weighted by molar-refractivity contribution is -0.231. The standard InChI is InChI=1S/C14H13F3O3/c15-14(16,17)9-2-1-3-10(4-9)20-8-12-5-13(6-12,7-12)11(18)19/h1-4H,5-8H2,(H,18,19). The van der Waals surface area contributed by atoms with Crippen LogP contribution in [-0.2, 0) is 11.0 Å². The first kappa shape index (κ1) is 13.3. The lowest BCUT2D eigenvalue weighted by Crippen LogP contribution is -2.67. The summed E-state index contributed by atoms with van der Waals surface area (Å²) in [4.78, 5) is 10.9. The Balaban J connectivity index is 1.60. The van der Waals surface area contributed by atoms with Crippen molar-refractivity contribution in [3.8, 4) is 5.75 Å². The van der Waals surface area contributed by atoms with Crippen LogP contribution in [0.2, 0.25) is 0 Å². The molecule has 108 valence electrons. The fourth-order valence-corrected chi connectivity index (χ4v) is 3.38. The first-order valence-corrected chi connectivity index (χ1v) is 6.28. The van der Waals surface area contributed by atoms with Crippen LogP contribution in [0.5, 0.6) is 5.75 Å². The molecule has 1 aromatic carbocycles. The van der Waals surface area contributed by atoms with Gasteiger partial charge in [0.1, 0.15) is 5.75 Å². The Kier molecular flexibility index (Phi) is 2.59. The van der Waals surface area contributed by atoms with Gasteiger partial charge in [-0.2, -0.15) is 13.2 Å². The zero-order valence-electron chi connectivity index (χ0n) is 10.5. The van der Waals surface area contributed by atoms with Crippen LogP contribution in [0.3, 0.4) is 0 Å². The molecule has 20 heavy (non-hydrogen) atoms. The van der Waals surface area contributed by atoms with E-state index in [2.05, 4.69) is 0 Å². The lowest BCUT2D eigenvalue weighted by Gasteiger charge is -2.67. The van der Waals surface area contributed by atoms with Crippen LogP contribution in [0.25, 0.3) is 0 Å². The Bertz CT molecular complexity index is 545. The second-order valence-corrected chi connectivity index (χ2v) is 5.93. The molecule has 3 aliphatic rings. The zero-order chi connectivity index (χ0) is 14.6. The van der Waals surface area contributed by atoms with Crippen LogP contribution >= 0.6 is 0 Å². The van der Waals surface area contributed by atoms with Crippen LogP contribution in [0.15, 0.2) is 24.3 Å². The normalized spacial score (nSPS) is 31.1. The highest BCUT2D eigenvalue weighted by Crippen LogP contribution is 2.73. The molecule has 0 radical (unpaired) electrons. The Hall–Kier alpha value is -1.72. The molecule has 0 atom stereocenters. The molecular formula is C14H13F3O3. The van der Waals surface area contributed by atoms with Crippen molar-refractivity contribution in [3.63, 3.8) is 0 Å². The van der Waals surface area contributed by atoms with Gasteiger partial charge in [0, 0.05) is 5.41 Å². The summed E-state index contributed by atoms with van der Waals surface area (Å²) in [5.41, 5.74) is -1.47. The molecule has 2 bridgehead atoms. The van der Waals surface area contributed by atoms with Gasteiger partial charge in [-0.3, -0.25) is 4.79 Å². The maximum absolute atomic E-state index is 12.5. The minimum Gasteiger partial charge on any atom is -0.493 e. The third kappa shape index (κ3) is 1.94. The molecule has 0 aromatic heterocycles. The quantitative estimate of drug-likeness (QED) is 0.923. The smallest absolute Gasteiger partial charge is 0.416 e. The van der Waals surface area contributed by atoms with Gasteiger partial charge in [-0.15, -0.1) is 0 Å².